The largest absolute Gasteiger partial charge is 0.258 e. The predicted molar refractivity (Wildman–Crippen MR) is 51.0 cm³/mol. The molecular weight excluding hydrogens is 221 g/mol. The summed E-state index contributed by atoms with van der Waals surface area (Å²) in [6.45, 7) is 4.11. The van der Waals surface area contributed by atoms with E-state index in [2.05, 4.69) is 34.8 Å². The lowest BCUT2D eigenvalue weighted by atomic mass is 10.0. The fourth-order valence-corrected chi connectivity index (χ4v) is 1.16. The molecule has 0 N–H and O–H groups in total. The monoisotopic (exact) mass is 231 g/mol. The van der Waals surface area contributed by atoms with Crippen molar-refractivity contribution in [3.63, 3.8) is 0 Å². The van der Waals surface area contributed by atoms with Crippen molar-refractivity contribution in [1.29, 1.82) is 0 Å². The second kappa shape index (κ2) is 3.99. The number of hydrogen-bond donors (Lipinski definition) is 0. The fraction of sp³-hybridized carbons (Fsp3) is 0.444. The molecule has 0 radical (unpaired) electrons. The third kappa shape index (κ3) is 2.27. The zero-order chi connectivity index (χ0) is 9.14. The van der Waals surface area contributed by atoms with Crippen LogP contribution < -0.4 is 0 Å². The Bertz CT molecular complexity index is 245. The first-order chi connectivity index (χ1) is 5.61. The first-order valence-electron chi connectivity index (χ1n) is 3.87. The summed E-state index contributed by atoms with van der Waals surface area (Å²) in [5, 5.41) is 0. The van der Waals surface area contributed by atoms with Crippen LogP contribution in [0.5, 0.6) is 0 Å². The van der Waals surface area contributed by atoms with Crippen LogP contribution >= 0.6 is 15.9 Å². The van der Waals surface area contributed by atoms with Gasteiger partial charge in [0, 0.05) is 16.4 Å². The first kappa shape index (κ1) is 9.65. The van der Waals surface area contributed by atoms with Crippen molar-refractivity contribution in [3.05, 3.63) is 29.8 Å². The molecule has 2 unspecified atom stereocenters. The van der Waals surface area contributed by atoms with E-state index < -0.39 is 0 Å². The van der Waals surface area contributed by atoms with Gasteiger partial charge in [0.2, 0.25) is 0 Å². The number of pyridine rings is 1. The third-order valence-corrected chi connectivity index (χ3v) is 2.70. The fourth-order valence-electron chi connectivity index (χ4n) is 0.892. The highest BCUT2D eigenvalue weighted by Gasteiger charge is 2.11. The van der Waals surface area contributed by atoms with E-state index in [4.69, 9.17) is 0 Å². The molecule has 0 amide bonds. The van der Waals surface area contributed by atoms with Crippen LogP contribution in [0.25, 0.3) is 0 Å². The van der Waals surface area contributed by atoms with Crippen molar-refractivity contribution >= 4 is 15.9 Å². The third-order valence-electron chi connectivity index (χ3n) is 1.91. The van der Waals surface area contributed by atoms with Gasteiger partial charge < -0.3 is 0 Å². The Morgan fingerprint density at radius 3 is 2.50 bits per heavy atom. The standard InChI is InChI=1S/C9H11BrFN/c1-6(7(2)10)9-4-3-8(11)5-12-9/h3-7H,1-2H3. The first-order valence-corrected chi connectivity index (χ1v) is 4.78. The minimum atomic E-state index is -0.284. The zero-order valence-electron chi connectivity index (χ0n) is 7.09. The molecule has 1 nitrogen and oxygen atoms in total. The van der Waals surface area contributed by atoms with E-state index in [0.29, 0.717) is 10.7 Å². The van der Waals surface area contributed by atoms with Crippen LogP contribution in [0.15, 0.2) is 18.3 Å². The minimum Gasteiger partial charge on any atom is -0.258 e. The molecule has 1 heterocycles. The maximum Gasteiger partial charge on any atom is 0.141 e. The van der Waals surface area contributed by atoms with Crippen LogP contribution in [0, 0.1) is 5.82 Å². The van der Waals surface area contributed by atoms with Crippen molar-refractivity contribution in [2.45, 2.75) is 24.6 Å². The number of halogens is 2. The molecule has 1 rings (SSSR count). The second-order valence-corrected chi connectivity index (χ2v) is 4.31. The molecule has 0 bridgehead atoms. The van der Waals surface area contributed by atoms with Gasteiger partial charge in [-0.1, -0.05) is 29.8 Å². The summed E-state index contributed by atoms with van der Waals surface area (Å²) in [5.41, 5.74) is 0.917. The molecule has 0 aromatic carbocycles. The van der Waals surface area contributed by atoms with Crippen LogP contribution in [-0.2, 0) is 0 Å². The number of rotatable bonds is 2. The maximum atomic E-state index is 12.5. The van der Waals surface area contributed by atoms with E-state index in [1.807, 2.05) is 0 Å². The van der Waals surface area contributed by atoms with Crippen LogP contribution in [0.2, 0.25) is 0 Å². The van der Waals surface area contributed by atoms with E-state index in [0.717, 1.165) is 5.69 Å². The van der Waals surface area contributed by atoms with Gasteiger partial charge in [-0.2, -0.15) is 0 Å². The lowest BCUT2D eigenvalue weighted by Crippen LogP contribution is -2.06. The molecule has 3 heteroatoms. The molecule has 66 valence electrons. The normalized spacial score (nSPS) is 15.7. The highest BCUT2D eigenvalue weighted by Crippen LogP contribution is 2.21. The van der Waals surface area contributed by atoms with Crippen molar-refractivity contribution in [2.24, 2.45) is 0 Å². The average Bonchev–Trinajstić information content (AvgIpc) is 2.04. The average molecular weight is 232 g/mol. The van der Waals surface area contributed by atoms with Gasteiger partial charge in [-0.15, -0.1) is 0 Å². The van der Waals surface area contributed by atoms with E-state index in [9.17, 15) is 4.39 Å². The summed E-state index contributed by atoms with van der Waals surface area (Å²) in [4.78, 5) is 4.35. The van der Waals surface area contributed by atoms with Gasteiger partial charge in [0.15, 0.2) is 0 Å². The van der Waals surface area contributed by atoms with Gasteiger partial charge in [-0.3, -0.25) is 4.98 Å². The summed E-state index contributed by atoms with van der Waals surface area (Å²) in [6, 6.07) is 3.16. The number of aromatic nitrogens is 1. The minimum absolute atomic E-state index is 0.284. The lowest BCUT2D eigenvalue weighted by Gasteiger charge is -2.12. The maximum absolute atomic E-state index is 12.5. The van der Waals surface area contributed by atoms with Crippen LogP contribution in [0.1, 0.15) is 25.5 Å². The second-order valence-electron chi connectivity index (χ2n) is 2.87. The molecule has 12 heavy (non-hydrogen) atoms. The molecule has 0 saturated carbocycles. The number of alkyl halides is 1. The molecule has 0 saturated heterocycles. The van der Waals surface area contributed by atoms with Crippen molar-refractivity contribution in [2.75, 3.05) is 0 Å². The summed E-state index contributed by atoms with van der Waals surface area (Å²) >= 11 is 3.46. The summed E-state index contributed by atoms with van der Waals surface area (Å²) in [7, 11) is 0. The van der Waals surface area contributed by atoms with Gasteiger partial charge >= 0.3 is 0 Å². The molecular formula is C9H11BrFN. The lowest BCUT2D eigenvalue weighted by molar-refractivity contribution is 0.614. The molecule has 0 spiro atoms. The number of nitrogens with zero attached hydrogens (tertiary/aromatic N) is 1. The molecule has 0 aliphatic heterocycles. The van der Waals surface area contributed by atoms with Crippen LogP contribution in [0.4, 0.5) is 4.39 Å². The SMILES string of the molecule is CC(Br)C(C)c1ccc(F)cn1. The van der Waals surface area contributed by atoms with Crippen molar-refractivity contribution < 1.29 is 4.39 Å². The Balaban J connectivity index is 2.82. The summed E-state index contributed by atoms with van der Waals surface area (Å²) in [6.07, 6.45) is 1.25. The highest BCUT2D eigenvalue weighted by atomic mass is 79.9. The molecule has 2 atom stereocenters. The topological polar surface area (TPSA) is 12.9 Å². The van der Waals surface area contributed by atoms with Gasteiger partial charge in [-0.25, -0.2) is 4.39 Å². The zero-order valence-corrected chi connectivity index (χ0v) is 8.68. The van der Waals surface area contributed by atoms with E-state index in [1.54, 1.807) is 6.07 Å². The Labute approximate surface area is 80.1 Å². The Kier molecular flexibility index (Phi) is 3.20. The Morgan fingerprint density at radius 2 is 2.08 bits per heavy atom. The van der Waals surface area contributed by atoms with Gasteiger partial charge in [0.05, 0.1) is 6.20 Å². The van der Waals surface area contributed by atoms with Crippen molar-refractivity contribution in [1.82, 2.24) is 4.98 Å². The Hall–Kier alpha value is -0.440. The summed E-state index contributed by atoms with van der Waals surface area (Å²) < 4.78 is 12.5. The molecule has 0 fully saturated rings. The van der Waals surface area contributed by atoms with E-state index >= 15 is 0 Å². The van der Waals surface area contributed by atoms with Crippen LogP contribution in [-0.4, -0.2) is 9.81 Å². The van der Waals surface area contributed by atoms with Gasteiger partial charge in [-0.05, 0) is 12.1 Å². The molecule has 1 aromatic heterocycles. The molecule has 0 aliphatic rings. The molecule has 0 aliphatic carbocycles. The van der Waals surface area contributed by atoms with Crippen molar-refractivity contribution in [3.8, 4) is 0 Å². The summed E-state index contributed by atoms with van der Waals surface area (Å²) in [5.74, 6) is 0.0266. The quantitative estimate of drug-likeness (QED) is 0.714. The Morgan fingerprint density at radius 1 is 1.42 bits per heavy atom. The number of hydrogen-bond acceptors (Lipinski definition) is 1. The van der Waals surface area contributed by atoms with Gasteiger partial charge in [0.25, 0.3) is 0 Å². The smallest absolute Gasteiger partial charge is 0.141 e. The predicted octanol–water partition coefficient (Wildman–Crippen LogP) is 3.11. The molecule has 1 aromatic rings. The van der Waals surface area contributed by atoms with E-state index in [-0.39, 0.29) is 5.82 Å². The van der Waals surface area contributed by atoms with E-state index in [1.165, 1.54) is 12.3 Å². The highest BCUT2D eigenvalue weighted by molar-refractivity contribution is 9.09. The van der Waals surface area contributed by atoms with Crippen LogP contribution in [0.3, 0.4) is 0 Å². The van der Waals surface area contributed by atoms with Gasteiger partial charge in [0.1, 0.15) is 5.82 Å².